The first-order valence-electron chi connectivity index (χ1n) is 22.0. The number of amides is 5. The van der Waals surface area contributed by atoms with E-state index in [1.54, 1.807) is 36.5 Å². The number of hydrogen-bond acceptors (Lipinski definition) is 14. The molecule has 2 atom stereocenters. The van der Waals surface area contributed by atoms with Crippen LogP contribution in [-0.2, 0) is 23.9 Å². The number of ether oxygens (including phenoxy) is 2. The lowest BCUT2D eigenvalue weighted by Crippen LogP contribution is -2.54. The van der Waals surface area contributed by atoms with Crippen molar-refractivity contribution in [3.8, 4) is 11.4 Å². The summed E-state index contributed by atoms with van der Waals surface area (Å²) in [6, 6.07) is 20.5. The minimum Gasteiger partial charge on any atom is -0.383 e. The van der Waals surface area contributed by atoms with E-state index in [0.29, 0.717) is 77.0 Å². The third-order valence-corrected chi connectivity index (χ3v) is 12.1. The van der Waals surface area contributed by atoms with E-state index in [-0.39, 0.29) is 48.3 Å². The van der Waals surface area contributed by atoms with Crippen LogP contribution in [0.5, 0.6) is 0 Å². The van der Waals surface area contributed by atoms with Crippen LogP contribution in [0.3, 0.4) is 0 Å². The number of piperidine rings is 1. The Kier molecular flexibility index (Phi) is 13.0. The van der Waals surface area contributed by atoms with Crippen molar-refractivity contribution in [2.45, 2.75) is 37.8 Å². The molecule has 3 fully saturated rings. The van der Waals surface area contributed by atoms with Crippen molar-refractivity contribution < 1.29 is 37.8 Å². The first kappa shape index (κ1) is 43.4. The first-order chi connectivity index (χ1) is 31.7. The zero-order chi connectivity index (χ0) is 44.9. The molecular formula is C46H50FN11O7. The van der Waals surface area contributed by atoms with Gasteiger partial charge in [-0.05, 0) is 79.4 Å². The number of nitrogens with zero attached hydrogens (tertiary/aromatic N) is 8. The molecule has 3 saturated heterocycles. The van der Waals surface area contributed by atoms with Gasteiger partial charge in [0.1, 0.15) is 29.2 Å². The lowest BCUT2D eigenvalue weighted by atomic mass is 10.0. The number of imidazole rings is 1. The molecule has 0 spiro atoms. The number of carbonyl (C=O) groups is 5. The Hall–Kier alpha value is -6.83. The third-order valence-electron chi connectivity index (χ3n) is 12.1. The van der Waals surface area contributed by atoms with Gasteiger partial charge in [-0.25, -0.2) is 18.9 Å². The zero-order valence-electron chi connectivity index (χ0n) is 35.8. The summed E-state index contributed by atoms with van der Waals surface area (Å²) < 4.78 is 27.2. The van der Waals surface area contributed by atoms with E-state index in [1.807, 2.05) is 40.9 Å². The Morgan fingerprint density at radius 3 is 2.42 bits per heavy atom. The maximum Gasteiger partial charge on any atom is 0.262 e. The molecule has 338 valence electrons. The molecule has 0 saturated carbocycles. The highest BCUT2D eigenvalue weighted by Gasteiger charge is 2.44. The maximum atomic E-state index is 14.1. The fourth-order valence-electron chi connectivity index (χ4n) is 8.86. The highest BCUT2D eigenvalue weighted by Crippen LogP contribution is 2.36. The van der Waals surface area contributed by atoms with E-state index in [2.05, 4.69) is 35.6 Å². The monoisotopic (exact) mass is 887 g/mol. The molecule has 0 bridgehead atoms. The third kappa shape index (κ3) is 9.67. The minimum absolute atomic E-state index is 0.0470. The molecule has 7 heterocycles. The Morgan fingerprint density at radius 1 is 0.800 bits per heavy atom. The molecule has 9 rings (SSSR count). The average molecular weight is 888 g/mol. The average Bonchev–Trinajstić information content (AvgIpc) is 4.04. The highest BCUT2D eigenvalue weighted by atomic mass is 19.1. The van der Waals surface area contributed by atoms with Crippen LogP contribution in [0.1, 0.15) is 58.0 Å². The van der Waals surface area contributed by atoms with Gasteiger partial charge >= 0.3 is 0 Å². The number of benzene rings is 2. The van der Waals surface area contributed by atoms with E-state index < -0.39 is 29.7 Å². The summed E-state index contributed by atoms with van der Waals surface area (Å²) >= 11 is 0. The van der Waals surface area contributed by atoms with Crippen LogP contribution in [-0.4, -0.2) is 144 Å². The number of aromatic nitrogens is 4. The summed E-state index contributed by atoms with van der Waals surface area (Å²) in [4.78, 5) is 79.7. The van der Waals surface area contributed by atoms with Gasteiger partial charge < -0.3 is 29.9 Å². The molecule has 4 aliphatic rings. The van der Waals surface area contributed by atoms with Crippen molar-refractivity contribution in [2.75, 3.05) is 93.9 Å². The number of fused-ring (bicyclic) bond motifs is 2. The lowest BCUT2D eigenvalue weighted by molar-refractivity contribution is -0.136. The molecule has 0 radical (unpaired) electrons. The predicted molar refractivity (Wildman–Crippen MR) is 237 cm³/mol. The minimum atomic E-state index is -1.01. The lowest BCUT2D eigenvalue weighted by Gasteiger charge is -2.35. The quantitative estimate of drug-likeness (QED) is 0.0911. The summed E-state index contributed by atoms with van der Waals surface area (Å²) in [5.41, 5.74) is 4.24. The van der Waals surface area contributed by atoms with Gasteiger partial charge in [0.15, 0.2) is 5.65 Å². The molecule has 0 aliphatic carbocycles. The van der Waals surface area contributed by atoms with Gasteiger partial charge in [0, 0.05) is 57.9 Å². The van der Waals surface area contributed by atoms with Crippen molar-refractivity contribution in [2.24, 2.45) is 0 Å². The zero-order valence-corrected chi connectivity index (χ0v) is 35.8. The van der Waals surface area contributed by atoms with E-state index >= 15 is 0 Å². The topological polar surface area (TPSA) is 196 Å². The summed E-state index contributed by atoms with van der Waals surface area (Å²) in [5.74, 6) is -0.831. The number of nitrogens with one attached hydrogen (secondary N) is 3. The van der Waals surface area contributed by atoms with Crippen molar-refractivity contribution in [3.05, 3.63) is 102 Å². The standard InChI is InChI=1S/C46H50FN11O7/c47-31-5-1-4-30(26-31)36-7-3-17-56(36)41-13-12-39-50-28-38(58(39)53-41)35-6-2-8-40(51-35)55-20-18-54(19-21-55)29-43(60)49-16-23-65-25-24-64-22-15-48-32-9-10-33-34(27-32)46(63)57(45(33)62)37-11-14-42(59)52-44(37)61/h1-2,4-6,8-10,12-13,26-28,36-37,48H,3,7,11,14-25,29H2,(H,49,60)(H,52,59,61). The molecule has 5 amide bonds. The number of carbonyl (C=O) groups excluding carboxylic acids is 5. The van der Waals surface area contributed by atoms with Gasteiger partial charge in [-0.2, -0.15) is 0 Å². The van der Waals surface area contributed by atoms with E-state index in [0.717, 1.165) is 52.9 Å². The number of imide groups is 2. The number of hydrogen-bond donors (Lipinski definition) is 3. The van der Waals surface area contributed by atoms with E-state index in [4.69, 9.17) is 19.6 Å². The van der Waals surface area contributed by atoms with Crippen LogP contribution in [0.25, 0.3) is 17.0 Å². The van der Waals surface area contributed by atoms with E-state index in [1.165, 1.54) is 6.07 Å². The Balaban J connectivity index is 0.659. The van der Waals surface area contributed by atoms with Gasteiger partial charge in [-0.3, -0.25) is 39.1 Å². The van der Waals surface area contributed by atoms with Crippen molar-refractivity contribution in [1.29, 1.82) is 0 Å². The summed E-state index contributed by atoms with van der Waals surface area (Å²) in [7, 11) is 0. The Bertz CT molecular complexity index is 2600. The largest absolute Gasteiger partial charge is 0.383 e. The van der Waals surface area contributed by atoms with Crippen molar-refractivity contribution >= 4 is 52.5 Å². The summed E-state index contributed by atoms with van der Waals surface area (Å²) in [6.07, 6.45) is 3.87. The van der Waals surface area contributed by atoms with Gasteiger partial charge in [0.2, 0.25) is 17.7 Å². The molecule has 2 aromatic carbocycles. The molecule has 4 aliphatic heterocycles. The van der Waals surface area contributed by atoms with Crippen LogP contribution in [0, 0.1) is 5.82 Å². The number of anilines is 3. The molecular weight excluding hydrogens is 838 g/mol. The SMILES string of the molecule is O=C(CN1CCN(c2cccc(-c3cnc4ccc(N5CCCC5c5cccc(F)c5)nn34)n2)CC1)NCCOCCOCCNc1ccc2c(c1)C(=O)N(C1CCC(=O)NC1=O)C2=O. The molecule has 2 unspecified atom stereocenters. The number of halogens is 1. The Labute approximate surface area is 374 Å². The summed E-state index contributed by atoms with van der Waals surface area (Å²) in [5, 5.41) is 13.3. The normalized spacial score (nSPS) is 19.0. The number of rotatable bonds is 17. The molecule has 19 heteroatoms. The molecule has 18 nitrogen and oxygen atoms in total. The van der Waals surface area contributed by atoms with E-state index in [9.17, 15) is 28.4 Å². The summed E-state index contributed by atoms with van der Waals surface area (Å²) in [6.45, 7) is 6.19. The second-order valence-corrected chi connectivity index (χ2v) is 16.4. The van der Waals surface area contributed by atoms with Crippen LogP contribution in [0.4, 0.5) is 21.7 Å². The van der Waals surface area contributed by atoms with Gasteiger partial charge in [-0.15, -0.1) is 5.10 Å². The van der Waals surface area contributed by atoms with Gasteiger partial charge in [-0.1, -0.05) is 18.2 Å². The van der Waals surface area contributed by atoms with Crippen LogP contribution >= 0.6 is 0 Å². The Morgan fingerprint density at radius 2 is 1.60 bits per heavy atom. The predicted octanol–water partition coefficient (Wildman–Crippen LogP) is 3.06. The molecule has 3 aromatic heterocycles. The van der Waals surface area contributed by atoms with Crippen LogP contribution in [0.2, 0.25) is 0 Å². The molecule has 3 N–H and O–H groups in total. The first-order valence-corrected chi connectivity index (χ1v) is 22.0. The smallest absolute Gasteiger partial charge is 0.262 e. The van der Waals surface area contributed by atoms with Gasteiger partial charge in [0.25, 0.3) is 11.8 Å². The van der Waals surface area contributed by atoms with Gasteiger partial charge in [0.05, 0.1) is 62.0 Å². The van der Waals surface area contributed by atoms with Crippen molar-refractivity contribution in [1.82, 2.24) is 40.0 Å². The molecule has 65 heavy (non-hydrogen) atoms. The number of piperazine rings is 1. The fourth-order valence-corrected chi connectivity index (χ4v) is 8.86. The second-order valence-electron chi connectivity index (χ2n) is 16.4. The highest BCUT2D eigenvalue weighted by molar-refractivity contribution is 6.23. The van der Waals surface area contributed by atoms with Crippen LogP contribution in [0.15, 0.2) is 79.0 Å². The fraction of sp³-hybridized carbons (Fsp3) is 0.391. The van der Waals surface area contributed by atoms with Crippen LogP contribution < -0.4 is 25.8 Å². The maximum absolute atomic E-state index is 14.1. The van der Waals surface area contributed by atoms with Crippen molar-refractivity contribution in [3.63, 3.8) is 0 Å². The molecule has 5 aromatic rings. The number of pyridine rings is 1. The second kappa shape index (κ2) is 19.5.